The summed E-state index contributed by atoms with van der Waals surface area (Å²) in [5.41, 5.74) is 0.395. The van der Waals surface area contributed by atoms with Crippen molar-refractivity contribution in [1.82, 2.24) is 4.90 Å². The Labute approximate surface area is 118 Å². The van der Waals surface area contributed by atoms with Crippen molar-refractivity contribution in [1.29, 1.82) is 0 Å². The third-order valence-corrected chi connectivity index (χ3v) is 4.19. The van der Waals surface area contributed by atoms with Gasteiger partial charge in [-0.05, 0) is 54.5 Å². The molecular weight excluding hydrogens is 355 g/mol. The fraction of sp³-hybridized carbons (Fsp3) is 0.417. The van der Waals surface area contributed by atoms with Crippen LogP contribution in [0.3, 0.4) is 0 Å². The van der Waals surface area contributed by atoms with Crippen LogP contribution in [-0.4, -0.2) is 23.4 Å². The molecule has 1 aliphatic rings. The maximum absolute atomic E-state index is 13.3. The highest BCUT2D eigenvalue weighted by Gasteiger charge is 2.27. The first-order chi connectivity index (χ1) is 8.00. The van der Waals surface area contributed by atoms with Crippen molar-refractivity contribution in [3.63, 3.8) is 0 Å². The SMILES string of the molecule is C[C@@H]1CCCN1C(=O)c1cc(I)c(F)cc1Cl. The average molecular weight is 368 g/mol. The summed E-state index contributed by atoms with van der Waals surface area (Å²) in [7, 11) is 0. The van der Waals surface area contributed by atoms with E-state index in [2.05, 4.69) is 0 Å². The van der Waals surface area contributed by atoms with Gasteiger partial charge in [0, 0.05) is 16.2 Å². The van der Waals surface area contributed by atoms with Crippen LogP contribution >= 0.6 is 34.2 Å². The van der Waals surface area contributed by atoms with Crippen LogP contribution in [0.4, 0.5) is 4.39 Å². The number of carbonyl (C=O) groups excluding carboxylic acids is 1. The summed E-state index contributed by atoms with van der Waals surface area (Å²) in [6.45, 7) is 2.78. The van der Waals surface area contributed by atoms with E-state index in [1.165, 1.54) is 12.1 Å². The normalized spacial score (nSPS) is 19.8. The van der Waals surface area contributed by atoms with Gasteiger partial charge in [-0.2, -0.15) is 0 Å². The van der Waals surface area contributed by atoms with E-state index < -0.39 is 0 Å². The van der Waals surface area contributed by atoms with Crippen molar-refractivity contribution < 1.29 is 9.18 Å². The van der Waals surface area contributed by atoms with Crippen molar-refractivity contribution in [3.05, 3.63) is 32.1 Å². The molecule has 1 aliphatic heterocycles. The number of halogens is 3. The molecule has 92 valence electrons. The largest absolute Gasteiger partial charge is 0.336 e. The molecule has 0 spiro atoms. The minimum atomic E-state index is -0.387. The molecular formula is C12H12ClFINO. The number of benzene rings is 1. The second-order valence-electron chi connectivity index (χ2n) is 4.24. The zero-order valence-corrected chi connectivity index (χ0v) is 12.3. The topological polar surface area (TPSA) is 20.3 Å². The van der Waals surface area contributed by atoms with Gasteiger partial charge in [-0.3, -0.25) is 4.79 Å². The van der Waals surface area contributed by atoms with Crippen molar-refractivity contribution in [3.8, 4) is 0 Å². The van der Waals surface area contributed by atoms with E-state index in [1.807, 2.05) is 29.5 Å². The summed E-state index contributed by atoms with van der Waals surface area (Å²) in [6, 6.07) is 2.96. The summed E-state index contributed by atoms with van der Waals surface area (Å²) in [4.78, 5) is 14.1. The molecule has 0 N–H and O–H groups in total. The van der Waals surface area contributed by atoms with Crippen LogP contribution in [0.1, 0.15) is 30.1 Å². The first kappa shape index (κ1) is 13.1. The molecule has 1 aromatic rings. The highest BCUT2D eigenvalue weighted by Crippen LogP contribution is 2.26. The molecule has 0 bridgehead atoms. The molecule has 0 radical (unpaired) electrons. The number of likely N-dealkylation sites (tertiary alicyclic amines) is 1. The number of amides is 1. The van der Waals surface area contributed by atoms with E-state index in [0.29, 0.717) is 9.13 Å². The minimum absolute atomic E-state index is 0.0992. The summed E-state index contributed by atoms with van der Waals surface area (Å²) in [6.07, 6.45) is 2.03. The van der Waals surface area contributed by atoms with Gasteiger partial charge >= 0.3 is 0 Å². The number of carbonyl (C=O) groups is 1. The molecule has 2 rings (SSSR count). The van der Waals surface area contributed by atoms with Gasteiger partial charge in [0.05, 0.1) is 10.6 Å². The predicted octanol–water partition coefficient (Wildman–Crippen LogP) is 3.71. The molecule has 0 aliphatic carbocycles. The van der Waals surface area contributed by atoms with Crippen molar-refractivity contribution in [2.75, 3.05) is 6.54 Å². The molecule has 0 aromatic heterocycles. The molecule has 2 nitrogen and oxygen atoms in total. The number of hydrogen-bond donors (Lipinski definition) is 0. The van der Waals surface area contributed by atoms with E-state index in [9.17, 15) is 9.18 Å². The summed E-state index contributed by atoms with van der Waals surface area (Å²) in [5.74, 6) is -0.487. The van der Waals surface area contributed by atoms with Crippen LogP contribution in [0, 0.1) is 9.39 Å². The van der Waals surface area contributed by atoms with Gasteiger partial charge in [-0.1, -0.05) is 11.6 Å². The van der Waals surface area contributed by atoms with Crippen molar-refractivity contribution in [2.24, 2.45) is 0 Å². The third kappa shape index (κ3) is 2.57. The van der Waals surface area contributed by atoms with E-state index in [1.54, 1.807) is 4.90 Å². The average Bonchev–Trinajstić information content (AvgIpc) is 2.69. The lowest BCUT2D eigenvalue weighted by atomic mass is 10.1. The fourth-order valence-electron chi connectivity index (χ4n) is 2.08. The summed E-state index contributed by atoms with van der Waals surface area (Å²) < 4.78 is 13.7. The Morgan fingerprint density at radius 3 is 2.88 bits per heavy atom. The van der Waals surface area contributed by atoms with Crippen molar-refractivity contribution in [2.45, 2.75) is 25.8 Å². The third-order valence-electron chi connectivity index (χ3n) is 3.05. The number of hydrogen-bond acceptors (Lipinski definition) is 1. The lowest BCUT2D eigenvalue weighted by molar-refractivity contribution is 0.0747. The molecule has 1 fully saturated rings. The first-order valence-electron chi connectivity index (χ1n) is 5.46. The molecule has 0 unspecified atom stereocenters. The standard InChI is InChI=1S/C12H12ClFINO/c1-7-3-2-4-16(7)12(17)8-5-11(15)10(14)6-9(8)13/h5-7H,2-4H2,1H3/t7-/m1/s1. The lowest BCUT2D eigenvalue weighted by Gasteiger charge is -2.22. The Balaban J connectivity index is 2.34. The van der Waals surface area contributed by atoms with Gasteiger partial charge in [-0.25, -0.2) is 4.39 Å². The maximum atomic E-state index is 13.3. The van der Waals surface area contributed by atoms with E-state index >= 15 is 0 Å². The quantitative estimate of drug-likeness (QED) is 0.547. The zero-order chi connectivity index (χ0) is 12.6. The van der Waals surface area contributed by atoms with Crippen LogP contribution in [0.5, 0.6) is 0 Å². The Kier molecular flexibility index (Phi) is 3.92. The fourth-order valence-corrected chi connectivity index (χ4v) is 2.77. The van der Waals surface area contributed by atoms with Gasteiger partial charge in [-0.15, -0.1) is 0 Å². The number of rotatable bonds is 1. The van der Waals surface area contributed by atoms with Gasteiger partial charge in [0.1, 0.15) is 5.82 Å². The second-order valence-corrected chi connectivity index (χ2v) is 5.81. The second kappa shape index (κ2) is 5.10. The minimum Gasteiger partial charge on any atom is -0.336 e. The van der Waals surface area contributed by atoms with Gasteiger partial charge in [0.15, 0.2) is 0 Å². The Morgan fingerprint density at radius 2 is 2.29 bits per heavy atom. The smallest absolute Gasteiger partial charge is 0.255 e. The van der Waals surface area contributed by atoms with Crippen molar-refractivity contribution >= 4 is 40.1 Å². The Hall–Kier alpha value is -0.360. The highest BCUT2D eigenvalue weighted by molar-refractivity contribution is 14.1. The molecule has 1 saturated heterocycles. The van der Waals surface area contributed by atoms with Crippen LogP contribution < -0.4 is 0 Å². The summed E-state index contributed by atoms with van der Waals surface area (Å²) >= 11 is 7.80. The van der Waals surface area contributed by atoms with Gasteiger partial charge < -0.3 is 4.90 Å². The Morgan fingerprint density at radius 1 is 1.59 bits per heavy atom. The highest BCUT2D eigenvalue weighted by atomic mass is 127. The maximum Gasteiger partial charge on any atom is 0.255 e. The van der Waals surface area contributed by atoms with E-state index in [-0.39, 0.29) is 22.8 Å². The van der Waals surface area contributed by atoms with Crippen LogP contribution in [0.15, 0.2) is 12.1 Å². The monoisotopic (exact) mass is 367 g/mol. The van der Waals surface area contributed by atoms with Crippen LogP contribution in [0.2, 0.25) is 5.02 Å². The lowest BCUT2D eigenvalue weighted by Crippen LogP contribution is -2.33. The van der Waals surface area contributed by atoms with Crippen LogP contribution in [0.25, 0.3) is 0 Å². The molecule has 0 saturated carbocycles. The molecule has 1 atom stereocenters. The van der Waals surface area contributed by atoms with E-state index in [0.717, 1.165) is 19.4 Å². The molecule has 1 amide bonds. The van der Waals surface area contributed by atoms with E-state index in [4.69, 9.17) is 11.6 Å². The Bertz CT molecular complexity index is 466. The number of nitrogens with zero attached hydrogens (tertiary/aromatic N) is 1. The van der Waals surface area contributed by atoms with Crippen LogP contribution in [-0.2, 0) is 0 Å². The predicted molar refractivity (Wildman–Crippen MR) is 73.9 cm³/mol. The first-order valence-corrected chi connectivity index (χ1v) is 6.92. The molecule has 1 heterocycles. The van der Waals surface area contributed by atoms with Gasteiger partial charge in [0.2, 0.25) is 0 Å². The molecule has 1 aromatic carbocycles. The van der Waals surface area contributed by atoms with Gasteiger partial charge in [0.25, 0.3) is 5.91 Å². The zero-order valence-electron chi connectivity index (χ0n) is 9.34. The molecule has 17 heavy (non-hydrogen) atoms. The molecule has 5 heteroatoms. The summed E-state index contributed by atoms with van der Waals surface area (Å²) in [5, 5.41) is 0.187.